The van der Waals surface area contributed by atoms with E-state index in [9.17, 15) is 9.18 Å². The van der Waals surface area contributed by atoms with Gasteiger partial charge in [0, 0.05) is 5.69 Å². The number of carbonyl (C=O) groups is 1. The topological polar surface area (TPSA) is 65.2 Å². The van der Waals surface area contributed by atoms with Crippen LogP contribution in [0.5, 0.6) is 11.6 Å². The van der Waals surface area contributed by atoms with Gasteiger partial charge in [-0.1, -0.05) is 0 Å². The highest BCUT2D eigenvalue weighted by atomic mass is 79.9. The van der Waals surface area contributed by atoms with Gasteiger partial charge in [-0.3, -0.25) is 4.79 Å². The number of hydrogen-bond acceptors (Lipinski definition) is 3. The summed E-state index contributed by atoms with van der Waals surface area (Å²) >= 11 is 3.09. The van der Waals surface area contributed by atoms with Crippen LogP contribution in [0, 0.1) is 5.82 Å². The number of nitrogens with zero attached hydrogens (tertiary/aromatic N) is 1. The number of amides is 1. The lowest BCUT2D eigenvalue weighted by Crippen LogP contribution is -2.14. The molecule has 1 aromatic carbocycles. The van der Waals surface area contributed by atoms with Crippen LogP contribution in [0.2, 0.25) is 0 Å². The molecule has 21 heavy (non-hydrogen) atoms. The number of aromatic nitrogens is 1. The lowest BCUT2D eigenvalue weighted by atomic mass is 10.1. The second-order valence-corrected chi connectivity index (χ2v) is 5.70. The van der Waals surface area contributed by atoms with Crippen LogP contribution < -0.4 is 10.5 Å². The highest BCUT2D eigenvalue weighted by Crippen LogP contribution is 2.31. The van der Waals surface area contributed by atoms with Crippen LogP contribution in [0.25, 0.3) is 0 Å². The Kier molecular flexibility index (Phi) is 3.63. The van der Waals surface area contributed by atoms with Crippen molar-refractivity contribution in [2.75, 3.05) is 0 Å². The third-order valence-electron chi connectivity index (χ3n) is 3.39. The van der Waals surface area contributed by atoms with Crippen molar-refractivity contribution in [2.24, 2.45) is 5.73 Å². The smallest absolute Gasteiger partial charge is 0.254 e. The molecule has 0 radical (unpaired) electrons. The number of carbonyl (C=O) groups excluding carboxylic acids is 1. The summed E-state index contributed by atoms with van der Waals surface area (Å²) in [5.74, 6) is -0.425. The summed E-state index contributed by atoms with van der Waals surface area (Å²) in [6, 6.07) is 5.97. The molecule has 6 heteroatoms. The van der Waals surface area contributed by atoms with Crippen LogP contribution in [0.1, 0.15) is 28.0 Å². The molecule has 0 saturated carbocycles. The summed E-state index contributed by atoms with van der Waals surface area (Å²) in [6.07, 6.45) is 2.76. The minimum absolute atomic E-state index is 0.168. The van der Waals surface area contributed by atoms with Crippen LogP contribution in [0.15, 0.2) is 28.7 Å². The number of primary amides is 1. The largest absolute Gasteiger partial charge is 0.438 e. The Balaban J connectivity index is 2.01. The van der Waals surface area contributed by atoms with Crippen molar-refractivity contribution < 1.29 is 13.9 Å². The Morgan fingerprint density at radius 2 is 2.14 bits per heavy atom. The predicted octanol–water partition coefficient (Wildman–Crippen LogP) is 3.36. The Morgan fingerprint density at radius 1 is 1.33 bits per heavy atom. The minimum Gasteiger partial charge on any atom is -0.438 e. The van der Waals surface area contributed by atoms with Crippen LogP contribution in [-0.4, -0.2) is 10.9 Å². The SMILES string of the molecule is NC(=O)c1cc2c(nc1Oc1ccc(F)c(Br)c1)CCC2. The third kappa shape index (κ3) is 2.76. The van der Waals surface area contributed by atoms with Gasteiger partial charge in [-0.2, -0.15) is 0 Å². The first-order chi connectivity index (χ1) is 10.0. The zero-order valence-corrected chi connectivity index (χ0v) is 12.6. The van der Waals surface area contributed by atoms with Gasteiger partial charge in [0.25, 0.3) is 5.91 Å². The van der Waals surface area contributed by atoms with Crippen molar-refractivity contribution in [1.29, 1.82) is 0 Å². The molecule has 2 aromatic rings. The maximum Gasteiger partial charge on any atom is 0.254 e. The van der Waals surface area contributed by atoms with Crippen molar-refractivity contribution in [3.05, 3.63) is 51.4 Å². The normalized spacial score (nSPS) is 13.0. The number of benzene rings is 1. The quantitative estimate of drug-likeness (QED) is 0.922. The molecule has 0 unspecified atom stereocenters. The van der Waals surface area contributed by atoms with E-state index in [-0.39, 0.29) is 21.7 Å². The van der Waals surface area contributed by atoms with Gasteiger partial charge in [-0.25, -0.2) is 9.37 Å². The van der Waals surface area contributed by atoms with Crippen LogP contribution in [-0.2, 0) is 12.8 Å². The molecule has 0 atom stereocenters. The molecular weight excluding hydrogens is 339 g/mol. The van der Waals surface area contributed by atoms with Crippen molar-refractivity contribution in [1.82, 2.24) is 4.98 Å². The summed E-state index contributed by atoms with van der Waals surface area (Å²) in [4.78, 5) is 16.0. The summed E-state index contributed by atoms with van der Waals surface area (Å²) in [5, 5.41) is 0. The van der Waals surface area contributed by atoms with Gasteiger partial charge < -0.3 is 10.5 Å². The summed E-state index contributed by atoms with van der Waals surface area (Å²) in [6.45, 7) is 0. The lowest BCUT2D eigenvalue weighted by Gasteiger charge is -2.11. The van der Waals surface area contributed by atoms with E-state index in [0.29, 0.717) is 5.75 Å². The first kappa shape index (κ1) is 14.0. The number of rotatable bonds is 3. The lowest BCUT2D eigenvalue weighted by molar-refractivity contribution is 0.0997. The molecule has 108 valence electrons. The molecule has 1 aromatic heterocycles. The van der Waals surface area contributed by atoms with E-state index in [4.69, 9.17) is 10.5 Å². The van der Waals surface area contributed by atoms with Crippen molar-refractivity contribution in [3.8, 4) is 11.6 Å². The van der Waals surface area contributed by atoms with E-state index in [1.54, 1.807) is 6.07 Å². The average Bonchev–Trinajstić information content (AvgIpc) is 2.89. The number of ether oxygens (including phenoxy) is 1. The Morgan fingerprint density at radius 3 is 2.86 bits per heavy atom. The zero-order chi connectivity index (χ0) is 15.0. The second kappa shape index (κ2) is 5.44. The molecular formula is C15H12BrFN2O2. The Hall–Kier alpha value is -1.95. The Bertz CT molecular complexity index is 734. The minimum atomic E-state index is -0.589. The van der Waals surface area contributed by atoms with E-state index in [0.717, 1.165) is 30.5 Å². The fourth-order valence-electron chi connectivity index (χ4n) is 2.36. The standard InChI is InChI=1S/C15H12BrFN2O2/c16-11-7-9(4-5-12(11)17)21-15-10(14(18)20)6-8-2-1-3-13(8)19-15/h4-7H,1-3H2,(H2,18,20). The van der Waals surface area contributed by atoms with E-state index in [1.165, 1.54) is 18.2 Å². The van der Waals surface area contributed by atoms with Gasteiger partial charge in [0.05, 0.1) is 4.47 Å². The maximum atomic E-state index is 13.2. The highest BCUT2D eigenvalue weighted by molar-refractivity contribution is 9.10. The maximum absolute atomic E-state index is 13.2. The molecule has 0 bridgehead atoms. The van der Waals surface area contributed by atoms with E-state index >= 15 is 0 Å². The number of fused-ring (bicyclic) bond motifs is 1. The monoisotopic (exact) mass is 350 g/mol. The summed E-state index contributed by atoms with van der Waals surface area (Å²) in [5.41, 5.74) is 7.60. The van der Waals surface area contributed by atoms with Gasteiger partial charge in [-0.15, -0.1) is 0 Å². The molecule has 1 aliphatic carbocycles. The molecule has 0 fully saturated rings. The molecule has 4 nitrogen and oxygen atoms in total. The predicted molar refractivity (Wildman–Crippen MR) is 79.0 cm³/mol. The molecule has 0 spiro atoms. The second-order valence-electron chi connectivity index (χ2n) is 4.84. The first-order valence-corrected chi connectivity index (χ1v) is 7.29. The van der Waals surface area contributed by atoms with E-state index in [2.05, 4.69) is 20.9 Å². The number of hydrogen-bond donors (Lipinski definition) is 1. The molecule has 1 amide bonds. The first-order valence-electron chi connectivity index (χ1n) is 6.50. The Labute approximate surface area is 129 Å². The molecule has 3 rings (SSSR count). The molecule has 0 aliphatic heterocycles. The zero-order valence-electron chi connectivity index (χ0n) is 11.0. The summed E-state index contributed by atoms with van der Waals surface area (Å²) in [7, 11) is 0. The van der Waals surface area contributed by atoms with Crippen LogP contribution >= 0.6 is 15.9 Å². The van der Waals surface area contributed by atoms with E-state index in [1.807, 2.05) is 0 Å². The van der Waals surface area contributed by atoms with Gasteiger partial charge in [0.2, 0.25) is 5.88 Å². The van der Waals surface area contributed by atoms with Crippen molar-refractivity contribution in [3.63, 3.8) is 0 Å². The average molecular weight is 351 g/mol. The van der Waals surface area contributed by atoms with Crippen molar-refractivity contribution in [2.45, 2.75) is 19.3 Å². The molecule has 0 saturated heterocycles. The molecule has 1 heterocycles. The van der Waals surface area contributed by atoms with Crippen LogP contribution in [0.3, 0.4) is 0 Å². The van der Waals surface area contributed by atoms with Crippen LogP contribution in [0.4, 0.5) is 4.39 Å². The fourth-order valence-corrected chi connectivity index (χ4v) is 2.72. The van der Waals surface area contributed by atoms with E-state index < -0.39 is 5.91 Å². The fraction of sp³-hybridized carbons (Fsp3) is 0.200. The molecule has 2 N–H and O–H groups in total. The van der Waals surface area contributed by atoms with Gasteiger partial charge in [-0.05, 0) is 65.0 Å². The third-order valence-corrected chi connectivity index (χ3v) is 3.99. The summed E-state index contributed by atoms with van der Waals surface area (Å²) < 4.78 is 19.1. The van der Waals surface area contributed by atoms with Gasteiger partial charge in [0.1, 0.15) is 17.1 Å². The highest BCUT2D eigenvalue weighted by Gasteiger charge is 2.20. The van der Waals surface area contributed by atoms with Gasteiger partial charge >= 0.3 is 0 Å². The number of pyridine rings is 1. The van der Waals surface area contributed by atoms with Gasteiger partial charge in [0.15, 0.2) is 0 Å². The molecule has 1 aliphatic rings. The number of nitrogens with two attached hydrogens (primary N) is 1. The number of aryl methyl sites for hydroxylation is 2. The van der Waals surface area contributed by atoms with Crippen molar-refractivity contribution >= 4 is 21.8 Å². The number of halogens is 2.